The molecule has 134 valence electrons. The normalized spacial score (nSPS) is 11.8. The highest BCUT2D eigenvalue weighted by Crippen LogP contribution is 2.21. The second-order valence-electron chi connectivity index (χ2n) is 7.22. The topological polar surface area (TPSA) is 68.7 Å². The molecule has 0 bridgehead atoms. The molecule has 0 saturated carbocycles. The first-order chi connectivity index (χ1) is 10.9. The Bertz CT molecular complexity index is 563. The minimum Gasteiger partial charge on any atom is -0.443 e. The van der Waals surface area contributed by atoms with Crippen LogP contribution in [0.4, 0.5) is 9.59 Å². The molecular weight excluding hydrogens is 328 g/mol. The van der Waals surface area contributed by atoms with E-state index in [1.165, 1.54) is 11.8 Å². The molecule has 1 aromatic rings. The van der Waals surface area contributed by atoms with Gasteiger partial charge in [-0.15, -0.1) is 11.8 Å². The van der Waals surface area contributed by atoms with Gasteiger partial charge in [0.2, 0.25) is 0 Å². The van der Waals surface area contributed by atoms with Gasteiger partial charge in [-0.25, -0.2) is 19.5 Å². The van der Waals surface area contributed by atoms with Crippen molar-refractivity contribution < 1.29 is 19.1 Å². The molecular formula is C17H26N2O4S. The summed E-state index contributed by atoms with van der Waals surface area (Å²) in [6.07, 6.45) is 2.07. The first-order valence-corrected chi connectivity index (χ1v) is 8.87. The van der Waals surface area contributed by atoms with Crippen molar-refractivity contribution in [3.8, 4) is 0 Å². The minimum absolute atomic E-state index is 0.0356. The largest absolute Gasteiger partial charge is 0.443 e. The molecule has 0 aromatic carbocycles. The fraction of sp³-hybridized carbons (Fsp3) is 0.588. The van der Waals surface area contributed by atoms with Crippen LogP contribution in [0.15, 0.2) is 23.4 Å². The molecule has 1 heterocycles. The van der Waals surface area contributed by atoms with E-state index in [-0.39, 0.29) is 6.54 Å². The monoisotopic (exact) mass is 354 g/mol. The highest BCUT2D eigenvalue weighted by molar-refractivity contribution is 7.98. The second-order valence-corrected chi connectivity index (χ2v) is 8.01. The molecule has 0 aliphatic carbocycles. The van der Waals surface area contributed by atoms with Gasteiger partial charge in [0.1, 0.15) is 16.2 Å². The average Bonchev–Trinajstić information content (AvgIpc) is 2.41. The number of imide groups is 1. The van der Waals surface area contributed by atoms with E-state index >= 15 is 0 Å². The molecule has 6 nitrogen and oxygen atoms in total. The number of amides is 2. The molecule has 24 heavy (non-hydrogen) atoms. The summed E-state index contributed by atoms with van der Waals surface area (Å²) in [4.78, 5) is 30.1. The SMILES string of the molecule is CSc1ncccc1CN(C(=O)OC(C)(C)C)C(=O)OC(C)(C)C. The van der Waals surface area contributed by atoms with Crippen LogP contribution in [-0.4, -0.2) is 39.5 Å². The Kier molecular flexibility index (Phi) is 6.66. The Balaban J connectivity index is 3.08. The lowest BCUT2D eigenvalue weighted by Crippen LogP contribution is -2.43. The standard InChI is InChI=1S/C17H26N2O4S/c1-16(2,3)22-14(20)19(15(21)23-17(4,5)6)11-12-9-8-10-18-13(12)24-7/h8-10H,11H2,1-7H3. The van der Waals surface area contributed by atoms with Crippen LogP contribution in [0.1, 0.15) is 47.1 Å². The third kappa shape index (κ3) is 6.78. The van der Waals surface area contributed by atoms with Crippen molar-refractivity contribution in [3.05, 3.63) is 23.9 Å². The second kappa shape index (κ2) is 7.88. The molecule has 0 atom stereocenters. The van der Waals surface area contributed by atoms with Crippen LogP contribution in [-0.2, 0) is 16.0 Å². The fourth-order valence-electron chi connectivity index (χ4n) is 1.74. The highest BCUT2D eigenvalue weighted by atomic mass is 32.2. The molecule has 1 aromatic heterocycles. The van der Waals surface area contributed by atoms with Gasteiger partial charge in [0.15, 0.2) is 0 Å². The molecule has 1 rings (SSSR count). The average molecular weight is 354 g/mol. The Labute approximate surface area is 147 Å². The first-order valence-electron chi connectivity index (χ1n) is 7.64. The summed E-state index contributed by atoms with van der Waals surface area (Å²) >= 11 is 1.45. The molecule has 0 radical (unpaired) electrons. The maximum absolute atomic E-state index is 12.5. The number of nitrogens with zero attached hydrogens (tertiary/aromatic N) is 2. The van der Waals surface area contributed by atoms with Crippen LogP contribution in [0.5, 0.6) is 0 Å². The van der Waals surface area contributed by atoms with Crippen molar-refractivity contribution in [1.29, 1.82) is 0 Å². The van der Waals surface area contributed by atoms with E-state index in [1.807, 2.05) is 12.3 Å². The van der Waals surface area contributed by atoms with E-state index < -0.39 is 23.4 Å². The summed E-state index contributed by atoms with van der Waals surface area (Å²) < 4.78 is 10.7. The highest BCUT2D eigenvalue weighted by Gasteiger charge is 2.31. The van der Waals surface area contributed by atoms with Gasteiger partial charge >= 0.3 is 12.2 Å². The lowest BCUT2D eigenvalue weighted by atomic mass is 10.2. The molecule has 7 heteroatoms. The van der Waals surface area contributed by atoms with E-state index in [2.05, 4.69) is 4.98 Å². The summed E-state index contributed by atoms with van der Waals surface area (Å²) in [5, 5.41) is 0.745. The van der Waals surface area contributed by atoms with Crippen molar-refractivity contribution in [2.45, 2.75) is 64.3 Å². The smallest absolute Gasteiger partial charge is 0.420 e. The van der Waals surface area contributed by atoms with E-state index in [1.54, 1.807) is 53.8 Å². The van der Waals surface area contributed by atoms with Crippen LogP contribution < -0.4 is 0 Å². The predicted molar refractivity (Wildman–Crippen MR) is 94.0 cm³/mol. The number of thioether (sulfide) groups is 1. The van der Waals surface area contributed by atoms with Crippen molar-refractivity contribution >= 4 is 23.9 Å². The van der Waals surface area contributed by atoms with Gasteiger partial charge in [-0.1, -0.05) is 6.07 Å². The number of aromatic nitrogens is 1. The van der Waals surface area contributed by atoms with Gasteiger partial charge in [0.25, 0.3) is 0 Å². The summed E-state index contributed by atoms with van der Waals surface area (Å²) in [7, 11) is 0. The van der Waals surface area contributed by atoms with E-state index in [9.17, 15) is 9.59 Å². The molecule has 0 spiro atoms. The van der Waals surface area contributed by atoms with E-state index in [0.717, 1.165) is 15.5 Å². The summed E-state index contributed by atoms with van der Waals surface area (Å²) in [5.41, 5.74) is -0.676. The predicted octanol–water partition coefficient (Wildman–Crippen LogP) is 4.48. The number of pyridine rings is 1. The van der Waals surface area contributed by atoms with Gasteiger partial charge in [-0.05, 0) is 53.9 Å². The number of hydrogen-bond acceptors (Lipinski definition) is 6. The van der Waals surface area contributed by atoms with Crippen LogP contribution in [0.3, 0.4) is 0 Å². The Hall–Kier alpha value is -1.76. The molecule has 0 fully saturated rings. The fourth-order valence-corrected chi connectivity index (χ4v) is 2.30. The third-order valence-electron chi connectivity index (χ3n) is 2.60. The Morgan fingerprint density at radius 2 is 1.58 bits per heavy atom. The quantitative estimate of drug-likeness (QED) is 0.746. The Morgan fingerprint density at radius 1 is 1.08 bits per heavy atom. The van der Waals surface area contributed by atoms with E-state index in [0.29, 0.717) is 0 Å². The maximum atomic E-state index is 12.5. The van der Waals surface area contributed by atoms with Crippen molar-refractivity contribution in [2.24, 2.45) is 0 Å². The van der Waals surface area contributed by atoms with Crippen molar-refractivity contribution in [3.63, 3.8) is 0 Å². The molecule has 0 aliphatic rings. The molecule has 2 amide bonds. The number of hydrogen-bond donors (Lipinski definition) is 0. The van der Waals surface area contributed by atoms with Crippen LogP contribution in [0.25, 0.3) is 0 Å². The first kappa shape index (κ1) is 20.3. The van der Waals surface area contributed by atoms with Crippen molar-refractivity contribution in [1.82, 2.24) is 9.88 Å². The molecule has 0 N–H and O–H groups in total. The van der Waals surface area contributed by atoms with Gasteiger partial charge in [0.05, 0.1) is 6.54 Å². The lowest BCUT2D eigenvalue weighted by Gasteiger charge is -2.28. The van der Waals surface area contributed by atoms with Gasteiger partial charge in [-0.3, -0.25) is 0 Å². The summed E-state index contributed by atoms with van der Waals surface area (Å²) in [6, 6.07) is 3.58. The van der Waals surface area contributed by atoms with Crippen LogP contribution in [0, 0.1) is 0 Å². The zero-order valence-electron chi connectivity index (χ0n) is 15.4. The zero-order chi connectivity index (χ0) is 18.5. The van der Waals surface area contributed by atoms with Gasteiger partial charge < -0.3 is 9.47 Å². The summed E-state index contributed by atoms with van der Waals surface area (Å²) in [6.45, 7) is 10.5. The number of carbonyl (C=O) groups excluding carboxylic acids is 2. The maximum Gasteiger partial charge on any atom is 0.420 e. The van der Waals surface area contributed by atoms with Gasteiger partial charge in [-0.2, -0.15) is 0 Å². The molecule has 0 aliphatic heterocycles. The number of carbonyl (C=O) groups is 2. The number of rotatable bonds is 3. The van der Waals surface area contributed by atoms with E-state index in [4.69, 9.17) is 9.47 Å². The third-order valence-corrected chi connectivity index (χ3v) is 3.35. The molecule has 0 unspecified atom stereocenters. The lowest BCUT2D eigenvalue weighted by molar-refractivity contribution is -0.000405. The van der Waals surface area contributed by atoms with Gasteiger partial charge in [0, 0.05) is 11.8 Å². The van der Waals surface area contributed by atoms with Crippen molar-refractivity contribution in [2.75, 3.05) is 6.26 Å². The zero-order valence-corrected chi connectivity index (χ0v) is 16.2. The Morgan fingerprint density at radius 3 is 2.00 bits per heavy atom. The minimum atomic E-state index is -0.743. The van der Waals surface area contributed by atoms with Crippen LogP contribution >= 0.6 is 11.8 Å². The molecule has 0 saturated heterocycles. The summed E-state index contributed by atoms with van der Waals surface area (Å²) in [5.74, 6) is 0. The van der Waals surface area contributed by atoms with Crippen LogP contribution in [0.2, 0.25) is 0 Å². The number of ether oxygens (including phenoxy) is 2.